The summed E-state index contributed by atoms with van der Waals surface area (Å²) in [5.41, 5.74) is 7.85. The number of nitriles is 1. The maximum absolute atomic E-state index is 9.50. The minimum atomic E-state index is -0.531. The van der Waals surface area contributed by atoms with Gasteiger partial charge in [0, 0.05) is 48.2 Å². The van der Waals surface area contributed by atoms with Crippen LogP contribution in [0.4, 0.5) is 5.69 Å². The van der Waals surface area contributed by atoms with E-state index in [1.807, 2.05) is 32.2 Å². The smallest absolute Gasteiger partial charge is 0.101 e. The first kappa shape index (κ1) is 23.2. The quantitative estimate of drug-likeness (QED) is 0.337. The molecule has 0 radical (unpaired) electrons. The SMILES string of the molecule is CN1CCN(c2cccc(-c3ccc4ncc5[nH]nc(-c6ccc(C(C)(C)C#N)cc6)c5c4c3)c2)CC1. The van der Waals surface area contributed by atoms with Crippen LogP contribution >= 0.6 is 0 Å². The summed E-state index contributed by atoms with van der Waals surface area (Å²) >= 11 is 0. The Balaban J connectivity index is 1.42. The van der Waals surface area contributed by atoms with E-state index in [-0.39, 0.29) is 0 Å². The molecular weight excluding hydrogens is 456 g/mol. The molecule has 0 atom stereocenters. The summed E-state index contributed by atoms with van der Waals surface area (Å²) < 4.78 is 0. The average molecular weight is 487 g/mol. The Hall–Kier alpha value is -4.21. The second kappa shape index (κ2) is 9.02. The molecule has 0 aliphatic carbocycles. The van der Waals surface area contributed by atoms with Gasteiger partial charge in [0.25, 0.3) is 0 Å². The Bertz CT molecular complexity index is 1630. The van der Waals surface area contributed by atoms with Crippen LogP contribution in [0.15, 0.2) is 72.9 Å². The number of rotatable bonds is 4. The first-order valence-electron chi connectivity index (χ1n) is 12.8. The van der Waals surface area contributed by atoms with Crippen molar-refractivity contribution in [3.8, 4) is 28.5 Å². The van der Waals surface area contributed by atoms with Crippen molar-refractivity contribution in [2.45, 2.75) is 19.3 Å². The summed E-state index contributed by atoms with van der Waals surface area (Å²) in [6.07, 6.45) is 1.86. The molecule has 3 aromatic carbocycles. The predicted molar refractivity (Wildman–Crippen MR) is 151 cm³/mol. The molecule has 1 aliphatic rings. The van der Waals surface area contributed by atoms with E-state index in [0.29, 0.717) is 0 Å². The largest absolute Gasteiger partial charge is 0.369 e. The van der Waals surface area contributed by atoms with Gasteiger partial charge in [-0.2, -0.15) is 10.4 Å². The Kier molecular flexibility index (Phi) is 5.66. The molecule has 5 aromatic rings. The molecule has 1 aliphatic heterocycles. The topological polar surface area (TPSA) is 71.8 Å². The summed E-state index contributed by atoms with van der Waals surface area (Å²) in [6.45, 7) is 8.14. The van der Waals surface area contributed by atoms with Crippen LogP contribution in [-0.4, -0.2) is 53.3 Å². The lowest BCUT2D eigenvalue weighted by Gasteiger charge is -2.34. The number of nitrogens with zero attached hydrogens (tertiary/aromatic N) is 5. The number of anilines is 1. The van der Waals surface area contributed by atoms with Gasteiger partial charge in [-0.25, -0.2) is 0 Å². The van der Waals surface area contributed by atoms with Crippen LogP contribution in [0.2, 0.25) is 0 Å². The molecule has 6 rings (SSSR count). The van der Waals surface area contributed by atoms with Crippen molar-refractivity contribution in [1.29, 1.82) is 5.26 Å². The van der Waals surface area contributed by atoms with Crippen molar-refractivity contribution in [1.82, 2.24) is 20.1 Å². The van der Waals surface area contributed by atoms with Crippen LogP contribution in [0, 0.1) is 11.3 Å². The predicted octanol–water partition coefficient (Wildman–Crippen LogP) is 6.00. The number of aromatic nitrogens is 3. The minimum Gasteiger partial charge on any atom is -0.369 e. The van der Waals surface area contributed by atoms with Gasteiger partial charge in [-0.05, 0) is 61.9 Å². The number of H-pyrrole nitrogens is 1. The summed E-state index contributed by atoms with van der Waals surface area (Å²) in [6, 6.07) is 25.9. The Labute approximate surface area is 217 Å². The van der Waals surface area contributed by atoms with E-state index >= 15 is 0 Å². The highest BCUT2D eigenvalue weighted by molar-refractivity contribution is 6.11. The zero-order valence-corrected chi connectivity index (χ0v) is 21.5. The van der Waals surface area contributed by atoms with Crippen molar-refractivity contribution in [3.63, 3.8) is 0 Å². The van der Waals surface area contributed by atoms with Crippen molar-refractivity contribution in [2.75, 3.05) is 38.1 Å². The van der Waals surface area contributed by atoms with Gasteiger partial charge < -0.3 is 9.80 Å². The Morgan fingerprint density at radius 3 is 2.38 bits per heavy atom. The van der Waals surface area contributed by atoms with E-state index in [1.165, 1.54) is 11.3 Å². The zero-order valence-electron chi connectivity index (χ0n) is 21.5. The third-order valence-corrected chi connectivity index (χ3v) is 7.60. The maximum atomic E-state index is 9.50. The highest BCUT2D eigenvalue weighted by Gasteiger charge is 2.20. The summed E-state index contributed by atoms with van der Waals surface area (Å²) in [5, 5.41) is 19.5. The lowest BCUT2D eigenvalue weighted by Crippen LogP contribution is -2.44. The molecule has 3 heterocycles. The van der Waals surface area contributed by atoms with Gasteiger partial charge >= 0.3 is 0 Å². The zero-order chi connectivity index (χ0) is 25.6. The first-order valence-corrected chi connectivity index (χ1v) is 12.8. The molecular formula is C31H30N6. The summed E-state index contributed by atoms with van der Waals surface area (Å²) in [5.74, 6) is 0. The van der Waals surface area contributed by atoms with E-state index in [1.54, 1.807) is 0 Å². The van der Waals surface area contributed by atoms with E-state index in [4.69, 9.17) is 0 Å². The number of fused-ring (bicyclic) bond motifs is 3. The van der Waals surface area contributed by atoms with Gasteiger partial charge in [0.1, 0.15) is 5.69 Å². The number of piperazine rings is 1. The van der Waals surface area contributed by atoms with Gasteiger partial charge in [-0.1, -0.05) is 42.5 Å². The van der Waals surface area contributed by atoms with Crippen molar-refractivity contribution >= 4 is 27.5 Å². The molecule has 0 unspecified atom stereocenters. The molecule has 1 fully saturated rings. The molecule has 0 spiro atoms. The lowest BCUT2D eigenvalue weighted by atomic mass is 9.86. The molecule has 184 valence electrons. The van der Waals surface area contributed by atoms with E-state index in [0.717, 1.165) is 70.4 Å². The van der Waals surface area contributed by atoms with E-state index in [9.17, 15) is 5.26 Å². The third-order valence-electron chi connectivity index (χ3n) is 7.60. The van der Waals surface area contributed by atoms with Crippen LogP contribution in [0.1, 0.15) is 19.4 Å². The number of aromatic amines is 1. The molecule has 2 aromatic heterocycles. The van der Waals surface area contributed by atoms with Crippen LogP contribution in [0.25, 0.3) is 44.2 Å². The Morgan fingerprint density at radius 2 is 1.62 bits per heavy atom. The van der Waals surface area contributed by atoms with Crippen LogP contribution in [-0.2, 0) is 5.41 Å². The molecule has 0 saturated carbocycles. The van der Waals surface area contributed by atoms with Crippen molar-refractivity contribution in [2.24, 2.45) is 0 Å². The summed E-state index contributed by atoms with van der Waals surface area (Å²) in [4.78, 5) is 9.53. The van der Waals surface area contributed by atoms with Gasteiger partial charge in [-0.3, -0.25) is 10.1 Å². The standard InChI is InChI=1S/C31H30N6/c1-31(2,20-32)24-10-7-21(8-11-24)30-29-26-18-23(9-12-27(26)33-19-28(29)34-35-30)22-5-4-6-25(17-22)37-15-13-36(3)14-16-37/h4-12,17-19H,13-16H2,1-3H3,(H,34,35). The number of hydrogen-bond acceptors (Lipinski definition) is 5. The highest BCUT2D eigenvalue weighted by Crippen LogP contribution is 2.35. The highest BCUT2D eigenvalue weighted by atomic mass is 15.2. The van der Waals surface area contributed by atoms with E-state index in [2.05, 4.69) is 92.7 Å². The van der Waals surface area contributed by atoms with Gasteiger partial charge in [0.15, 0.2) is 0 Å². The fourth-order valence-corrected chi connectivity index (χ4v) is 5.15. The number of likely N-dealkylation sites (N-methyl/N-ethyl adjacent to an activating group) is 1. The fourth-order valence-electron chi connectivity index (χ4n) is 5.15. The van der Waals surface area contributed by atoms with Crippen LogP contribution in [0.5, 0.6) is 0 Å². The molecule has 1 N–H and O–H groups in total. The summed E-state index contributed by atoms with van der Waals surface area (Å²) in [7, 11) is 2.18. The second-order valence-corrected chi connectivity index (χ2v) is 10.5. The normalized spacial score (nSPS) is 14.8. The van der Waals surface area contributed by atoms with Crippen molar-refractivity contribution < 1.29 is 0 Å². The molecule has 37 heavy (non-hydrogen) atoms. The van der Waals surface area contributed by atoms with Gasteiger partial charge in [0.2, 0.25) is 0 Å². The number of benzene rings is 3. The lowest BCUT2D eigenvalue weighted by molar-refractivity contribution is 0.313. The average Bonchev–Trinajstić information content (AvgIpc) is 3.38. The first-order chi connectivity index (χ1) is 17.9. The minimum absolute atomic E-state index is 0.531. The number of nitrogens with one attached hydrogen (secondary N) is 1. The molecule has 1 saturated heterocycles. The second-order valence-electron chi connectivity index (χ2n) is 10.5. The number of pyridine rings is 1. The van der Waals surface area contributed by atoms with Crippen molar-refractivity contribution in [3.05, 3.63) is 78.5 Å². The van der Waals surface area contributed by atoms with Gasteiger partial charge in [-0.15, -0.1) is 0 Å². The maximum Gasteiger partial charge on any atom is 0.101 e. The fraction of sp³-hybridized carbons (Fsp3) is 0.258. The molecule has 0 bridgehead atoms. The molecule has 0 amide bonds. The number of hydrogen-bond donors (Lipinski definition) is 1. The molecule has 6 nitrogen and oxygen atoms in total. The van der Waals surface area contributed by atoms with Crippen LogP contribution < -0.4 is 4.90 Å². The third kappa shape index (κ3) is 4.22. The monoisotopic (exact) mass is 486 g/mol. The van der Waals surface area contributed by atoms with E-state index < -0.39 is 5.41 Å². The van der Waals surface area contributed by atoms with Gasteiger partial charge in [0.05, 0.1) is 28.7 Å². The Morgan fingerprint density at radius 1 is 0.892 bits per heavy atom. The molecule has 6 heteroatoms. The van der Waals surface area contributed by atoms with Crippen LogP contribution in [0.3, 0.4) is 0 Å².